The lowest BCUT2D eigenvalue weighted by Crippen LogP contribution is -2.57. The lowest BCUT2D eigenvalue weighted by atomic mass is 9.98. The van der Waals surface area contributed by atoms with Gasteiger partial charge in [-0.25, -0.2) is 4.79 Å². The van der Waals surface area contributed by atoms with Crippen LogP contribution in [0, 0.1) is 5.92 Å². The van der Waals surface area contributed by atoms with Gasteiger partial charge in [0.05, 0.1) is 6.54 Å². The number of nitrogens with zero attached hydrogens (tertiary/aromatic N) is 1. The van der Waals surface area contributed by atoms with Gasteiger partial charge in [0.25, 0.3) is 0 Å². The molecule has 0 radical (unpaired) electrons. The second-order valence-electron chi connectivity index (χ2n) is 7.33. The molecule has 0 aliphatic rings. The standard InChI is InChI=1S/C19H37N7O5S/c1-4-11(2)15(18(30)31)26-17(29)12(6-5-8-23-19(21)22)25-16(28)13(7-9-32-3)24-14(27)10-20/h11-13,15H,4-10,20H2,1-3H3,(H,24,27)(H,25,28)(H,26,29)(H,30,31)(H4,21,22,23). The first-order valence-electron chi connectivity index (χ1n) is 10.4. The molecule has 0 bridgehead atoms. The fraction of sp³-hybridized carbons (Fsp3) is 0.737. The van der Waals surface area contributed by atoms with Crippen LogP contribution in [0.15, 0.2) is 4.99 Å². The van der Waals surface area contributed by atoms with Gasteiger partial charge in [-0.15, -0.1) is 0 Å². The van der Waals surface area contributed by atoms with Crippen molar-refractivity contribution in [2.45, 2.75) is 57.7 Å². The van der Waals surface area contributed by atoms with E-state index in [-0.39, 0.29) is 31.4 Å². The van der Waals surface area contributed by atoms with Crippen molar-refractivity contribution in [1.29, 1.82) is 0 Å². The highest BCUT2D eigenvalue weighted by Crippen LogP contribution is 2.10. The van der Waals surface area contributed by atoms with Crippen LogP contribution < -0.4 is 33.2 Å². The van der Waals surface area contributed by atoms with Crippen LogP contribution in [0.4, 0.5) is 0 Å². The van der Waals surface area contributed by atoms with Crippen molar-refractivity contribution in [3.05, 3.63) is 0 Å². The van der Waals surface area contributed by atoms with Crippen molar-refractivity contribution in [2.24, 2.45) is 28.1 Å². The average molecular weight is 476 g/mol. The number of hydrogen-bond donors (Lipinski definition) is 7. The molecule has 0 saturated heterocycles. The predicted molar refractivity (Wildman–Crippen MR) is 125 cm³/mol. The molecule has 0 fully saturated rings. The van der Waals surface area contributed by atoms with Crippen LogP contribution in [0.25, 0.3) is 0 Å². The normalized spacial score (nSPS) is 14.4. The zero-order valence-corrected chi connectivity index (χ0v) is 19.7. The molecule has 4 atom stereocenters. The van der Waals surface area contributed by atoms with Gasteiger partial charge in [0, 0.05) is 6.54 Å². The number of aliphatic imine (C=N–C) groups is 1. The molecule has 13 heteroatoms. The van der Waals surface area contributed by atoms with Gasteiger partial charge in [0.2, 0.25) is 17.7 Å². The third kappa shape index (κ3) is 11.7. The molecule has 32 heavy (non-hydrogen) atoms. The number of aliphatic carboxylic acids is 1. The summed E-state index contributed by atoms with van der Waals surface area (Å²) in [6.07, 6.45) is 3.27. The summed E-state index contributed by atoms with van der Waals surface area (Å²) in [6.45, 7) is 3.49. The first kappa shape index (κ1) is 29.5. The SMILES string of the molecule is CCC(C)C(NC(=O)C(CCCN=C(N)N)NC(=O)C(CCSC)NC(=O)CN)C(=O)O. The second-order valence-corrected chi connectivity index (χ2v) is 8.31. The first-order valence-corrected chi connectivity index (χ1v) is 11.8. The molecule has 10 N–H and O–H groups in total. The zero-order chi connectivity index (χ0) is 24.7. The molecule has 0 spiro atoms. The van der Waals surface area contributed by atoms with Crippen LogP contribution in [0.1, 0.15) is 39.5 Å². The lowest BCUT2D eigenvalue weighted by molar-refractivity contribution is -0.143. The molecular formula is C19H37N7O5S. The average Bonchev–Trinajstić information content (AvgIpc) is 2.75. The second kappa shape index (κ2) is 16.1. The first-order chi connectivity index (χ1) is 15.1. The van der Waals surface area contributed by atoms with Crippen molar-refractivity contribution in [3.63, 3.8) is 0 Å². The highest BCUT2D eigenvalue weighted by molar-refractivity contribution is 7.98. The summed E-state index contributed by atoms with van der Waals surface area (Å²) >= 11 is 1.50. The van der Waals surface area contributed by atoms with Crippen molar-refractivity contribution in [1.82, 2.24) is 16.0 Å². The Kier molecular flexibility index (Phi) is 14.9. The minimum absolute atomic E-state index is 0.0978. The van der Waals surface area contributed by atoms with Gasteiger partial charge >= 0.3 is 5.97 Å². The quantitative estimate of drug-likeness (QED) is 0.0771. The zero-order valence-electron chi connectivity index (χ0n) is 18.9. The van der Waals surface area contributed by atoms with Crippen LogP contribution in [0.3, 0.4) is 0 Å². The summed E-state index contributed by atoms with van der Waals surface area (Å²) in [6, 6.07) is -3.01. The van der Waals surface area contributed by atoms with Crippen LogP contribution >= 0.6 is 11.8 Å². The van der Waals surface area contributed by atoms with Gasteiger partial charge in [-0.05, 0) is 37.2 Å². The van der Waals surface area contributed by atoms with Crippen LogP contribution in [0.2, 0.25) is 0 Å². The van der Waals surface area contributed by atoms with E-state index in [2.05, 4.69) is 20.9 Å². The summed E-state index contributed by atoms with van der Waals surface area (Å²) in [4.78, 5) is 52.8. The van der Waals surface area contributed by atoms with Crippen LogP contribution in [-0.2, 0) is 19.2 Å². The van der Waals surface area contributed by atoms with E-state index in [9.17, 15) is 24.3 Å². The highest BCUT2D eigenvalue weighted by atomic mass is 32.2. The number of carboxylic acid groups (broad SMARTS) is 1. The Morgan fingerprint density at radius 2 is 1.62 bits per heavy atom. The minimum atomic E-state index is -1.16. The molecule has 0 aromatic heterocycles. The van der Waals surface area contributed by atoms with Crippen LogP contribution in [0.5, 0.6) is 0 Å². The summed E-state index contributed by atoms with van der Waals surface area (Å²) in [5, 5.41) is 17.1. The summed E-state index contributed by atoms with van der Waals surface area (Å²) < 4.78 is 0. The number of carbonyl (C=O) groups excluding carboxylic acids is 3. The third-order valence-electron chi connectivity index (χ3n) is 4.80. The van der Waals surface area contributed by atoms with E-state index in [0.29, 0.717) is 25.0 Å². The Labute approximate surface area is 192 Å². The van der Waals surface area contributed by atoms with E-state index in [1.165, 1.54) is 11.8 Å². The van der Waals surface area contributed by atoms with E-state index >= 15 is 0 Å². The Morgan fingerprint density at radius 1 is 1.03 bits per heavy atom. The van der Waals surface area contributed by atoms with E-state index in [1.54, 1.807) is 6.92 Å². The van der Waals surface area contributed by atoms with Crippen molar-refractivity contribution in [3.8, 4) is 0 Å². The lowest BCUT2D eigenvalue weighted by Gasteiger charge is -2.26. The van der Waals surface area contributed by atoms with Gasteiger partial charge < -0.3 is 38.3 Å². The van der Waals surface area contributed by atoms with Gasteiger partial charge in [-0.1, -0.05) is 20.3 Å². The summed E-state index contributed by atoms with van der Waals surface area (Å²) in [5.41, 5.74) is 15.9. The molecule has 3 amide bonds. The molecule has 184 valence electrons. The monoisotopic (exact) mass is 475 g/mol. The fourth-order valence-electron chi connectivity index (χ4n) is 2.74. The van der Waals surface area contributed by atoms with Crippen molar-refractivity contribution < 1.29 is 24.3 Å². The molecule has 4 unspecified atom stereocenters. The number of rotatable bonds is 16. The molecular weight excluding hydrogens is 438 g/mol. The maximum Gasteiger partial charge on any atom is 0.326 e. The smallest absolute Gasteiger partial charge is 0.326 e. The van der Waals surface area contributed by atoms with E-state index in [0.717, 1.165) is 0 Å². The molecule has 0 aromatic rings. The number of amides is 3. The molecule has 0 aliphatic heterocycles. The highest BCUT2D eigenvalue weighted by Gasteiger charge is 2.31. The van der Waals surface area contributed by atoms with E-state index < -0.39 is 41.8 Å². The van der Waals surface area contributed by atoms with E-state index in [4.69, 9.17) is 17.2 Å². The molecule has 0 aromatic carbocycles. The molecule has 0 heterocycles. The topological polar surface area (TPSA) is 215 Å². The predicted octanol–water partition coefficient (Wildman–Crippen LogP) is -1.66. The summed E-state index contributed by atoms with van der Waals surface area (Å²) in [7, 11) is 0. The maximum atomic E-state index is 12.9. The van der Waals surface area contributed by atoms with Gasteiger partial charge in [0.1, 0.15) is 18.1 Å². The number of carboxylic acids is 1. The number of hydrogen-bond acceptors (Lipinski definition) is 7. The number of nitrogens with one attached hydrogen (secondary N) is 3. The largest absolute Gasteiger partial charge is 0.480 e. The number of thioether (sulfide) groups is 1. The number of carbonyl (C=O) groups is 4. The van der Waals surface area contributed by atoms with E-state index in [1.807, 2.05) is 13.2 Å². The van der Waals surface area contributed by atoms with Gasteiger partial charge in [0.15, 0.2) is 5.96 Å². The minimum Gasteiger partial charge on any atom is -0.480 e. The Hall–Kier alpha value is -2.54. The van der Waals surface area contributed by atoms with Crippen LogP contribution in [-0.4, -0.2) is 78.0 Å². The number of guanidine groups is 1. The molecule has 0 rings (SSSR count). The van der Waals surface area contributed by atoms with Crippen molar-refractivity contribution >= 4 is 41.4 Å². The Morgan fingerprint density at radius 3 is 2.12 bits per heavy atom. The van der Waals surface area contributed by atoms with Gasteiger partial charge in [-0.2, -0.15) is 11.8 Å². The van der Waals surface area contributed by atoms with Crippen molar-refractivity contribution in [2.75, 3.05) is 25.1 Å². The molecule has 0 aliphatic carbocycles. The molecule has 12 nitrogen and oxygen atoms in total. The summed E-state index contributed by atoms with van der Waals surface area (Å²) in [5.74, 6) is -2.66. The third-order valence-corrected chi connectivity index (χ3v) is 5.45. The Bertz CT molecular complexity index is 658. The van der Waals surface area contributed by atoms with Gasteiger partial charge in [-0.3, -0.25) is 19.4 Å². The maximum absolute atomic E-state index is 12.9. The Balaban J connectivity index is 5.48. The fourth-order valence-corrected chi connectivity index (χ4v) is 3.21. The molecule has 0 saturated carbocycles. The number of nitrogens with two attached hydrogens (primary N) is 3.